The van der Waals surface area contributed by atoms with Gasteiger partial charge in [-0.2, -0.15) is 11.8 Å². The van der Waals surface area contributed by atoms with E-state index in [0.717, 1.165) is 18.8 Å². The van der Waals surface area contributed by atoms with E-state index in [9.17, 15) is 0 Å². The number of aryl methyl sites for hydroxylation is 1. The number of aromatic nitrogens is 1. The van der Waals surface area contributed by atoms with Crippen molar-refractivity contribution in [2.45, 2.75) is 19.9 Å². The third kappa shape index (κ3) is 3.36. The lowest BCUT2D eigenvalue weighted by Crippen LogP contribution is -2.27. The lowest BCUT2D eigenvalue weighted by molar-refractivity contribution is 0.774. The van der Waals surface area contributed by atoms with E-state index in [-0.39, 0.29) is 0 Å². The molecule has 0 unspecified atom stereocenters. The highest BCUT2D eigenvalue weighted by Gasteiger charge is 2.13. The van der Waals surface area contributed by atoms with Gasteiger partial charge in [-0.1, -0.05) is 0 Å². The van der Waals surface area contributed by atoms with E-state index < -0.39 is 0 Å². The third-order valence-electron chi connectivity index (χ3n) is 3.03. The predicted molar refractivity (Wildman–Crippen MR) is 75.9 cm³/mol. The van der Waals surface area contributed by atoms with Crippen LogP contribution in [0.1, 0.15) is 17.7 Å². The molecule has 0 aliphatic carbocycles. The number of anilines is 1. The van der Waals surface area contributed by atoms with Gasteiger partial charge in [-0.3, -0.25) is 4.98 Å². The largest absolute Gasteiger partial charge is 0.370 e. The average Bonchev–Trinajstić information content (AvgIpc) is 2.60. The second-order valence-corrected chi connectivity index (χ2v) is 5.66. The molecule has 4 heteroatoms. The van der Waals surface area contributed by atoms with Crippen LogP contribution in [0.5, 0.6) is 0 Å². The molecule has 1 aliphatic heterocycles. The summed E-state index contributed by atoms with van der Waals surface area (Å²) >= 11 is 2.06. The van der Waals surface area contributed by atoms with Crippen LogP contribution in [0.15, 0.2) is 12.3 Å². The Balaban J connectivity index is 2.23. The van der Waals surface area contributed by atoms with Crippen molar-refractivity contribution >= 4 is 17.4 Å². The lowest BCUT2D eigenvalue weighted by Gasteiger charge is -2.25. The minimum Gasteiger partial charge on any atom is -0.370 e. The number of nitrogens with one attached hydrogen (secondary N) is 1. The zero-order valence-corrected chi connectivity index (χ0v) is 11.5. The predicted octanol–water partition coefficient (Wildman–Crippen LogP) is 2.05. The molecule has 1 N–H and O–H groups in total. The van der Waals surface area contributed by atoms with Gasteiger partial charge in [-0.15, -0.1) is 0 Å². The van der Waals surface area contributed by atoms with Gasteiger partial charge < -0.3 is 10.2 Å². The van der Waals surface area contributed by atoms with E-state index in [2.05, 4.69) is 40.0 Å². The second kappa shape index (κ2) is 6.26. The molecule has 2 heterocycles. The van der Waals surface area contributed by atoms with Gasteiger partial charge in [-0.25, -0.2) is 0 Å². The van der Waals surface area contributed by atoms with Gasteiger partial charge in [0, 0.05) is 48.5 Å². The van der Waals surface area contributed by atoms with Crippen LogP contribution in [0.4, 0.5) is 5.69 Å². The van der Waals surface area contributed by atoms with Crippen molar-refractivity contribution in [2.75, 3.05) is 36.5 Å². The highest BCUT2D eigenvalue weighted by atomic mass is 32.2. The second-order valence-electron chi connectivity index (χ2n) is 4.44. The molecule has 1 aliphatic rings. The van der Waals surface area contributed by atoms with E-state index in [1.165, 1.54) is 35.7 Å². The van der Waals surface area contributed by atoms with Crippen LogP contribution < -0.4 is 10.2 Å². The summed E-state index contributed by atoms with van der Waals surface area (Å²) in [4.78, 5) is 6.92. The number of nitrogens with zero attached hydrogens (tertiary/aromatic N) is 2. The van der Waals surface area contributed by atoms with Crippen LogP contribution in [-0.2, 0) is 6.54 Å². The van der Waals surface area contributed by atoms with E-state index in [0.29, 0.717) is 0 Å². The molecule has 0 radical (unpaired) electrons. The molecule has 94 valence electrons. The van der Waals surface area contributed by atoms with Crippen LogP contribution in [0.2, 0.25) is 0 Å². The first-order valence-electron chi connectivity index (χ1n) is 6.24. The number of hydrogen-bond donors (Lipinski definition) is 1. The summed E-state index contributed by atoms with van der Waals surface area (Å²) in [6.45, 7) is 5.30. The van der Waals surface area contributed by atoms with E-state index in [1.54, 1.807) is 0 Å². The average molecular weight is 251 g/mol. The van der Waals surface area contributed by atoms with Gasteiger partial charge in [0.25, 0.3) is 0 Å². The topological polar surface area (TPSA) is 28.2 Å². The summed E-state index contributed by atoms with van der Waals surface area (Å²) in [5.74, 6) is 2.53. The van der Waals surface area contributed by atoms with Gasteiger partial charge >= 0.3 is 0 Å². The van der Waals surface area contributed by atoms with Gasteiger partial charge in [0.15, 0.2) is 0 Å². The van der Waals surface area contributed by atoms with Crippen molar-refractivity contribution in [3.05, 3.63) is 23.5 Å². The summed E-state index contributed by atoms with van der Waals surface area (Å²) in [7, 11) is 1.99. The molecule has 17 heavy (non-hydrogen) atoms. The van der Waals surface area contributed by atoms with Crippen molar-refractivity contribution in [1.82, 2.24) is 10.3 Å². The summed E-state index contributed by atoms with van der Waals surface area (Å²) in [5, 5.41) is 3.23. The molecule has 0 aromatic carbocycles. The first kappa shape index (κ1) is 12.7. The van der Waals surface area contributed by atoms with E-state index >= 15 is 0 Å². The van der Waals surface area contributed by atoms with Crippen LogP contribution in [-0.4, -0.2) is 36.6 Å². The fourth-order valence-electron chi connectivity index (χ4n) is 2.18. The highest BCUT2D eigenvalue weighted by Crippen LogP contribution is 2.23. The number of thioether (sulfide) groups is 1. The molecule has 0 spiro atoms. The van der Waals surface area contributed by atoms with Gasteiger partial charge in [-0.05, 0) is 32.2 Å². The molecule has 1 aromatic rings. The van der Waals surface area contributed by atoms with Crippen molar-refractivity contribution in [3.63, 3.8) is 0 Å². The quantitative estimate of drug-likeness (QED) is 0.890. The van der Waals surface area contributed by atoms with Crippen molar-refractivity contribution in [2.24, 2.45) is 0 Å². The molecular weight excluding hydrogens is 230 g/mol. The van der Waals surface area contributed by atoms with Crippen LogP contribution in [0.3, 0.4) is 0 Å². The maximum atomic E-state index is 4.40. The first-order valence-corrected chi connectivity index (χ1v) is 7.39. The minimum absolute atomic E-state index is 0.895. The third-order valence-corrected chi connectivity index (χ3v) is 4.08. The number of rotatable bonds is 3. The van der Waals surface area contributed by atoms with Gasteiger partial charge in [0.2, 0.25) is 0 Å². The molecule has 3 nitrogen and oxygen atoms in total. The zero-order chi connectivity index (χ0) is 12.1. The first-order chi connectivity index (χ1) is 8.31. The molecule has 1 fully saturated rings. The van der Waals surface area contributed by atoms with Crippen molar-refractivity contribution in [3.8, 4) is 0 Å². The summed E-state index contributed by atoms with van der Waals surface area (Å²) in [5.41, 5.74) is 3.79. The fraction of sp³-hybridized carbons (Fsp3) is 0.615. The molecule has 0 saturated carbocycles. The molecule has 0 amide bonds. The lowest BCUT2D eigenvalue weighted by atomic mass is 10.1. The standard InChI is InChI=1S/C13H21N3S/c1-11-8-13(12(9-14-2)10-15-11)16-4-3-6-17-7-5-16/h8,10,14H,3-7,9H2,1-2H3. The Morgan fingerprint density at radius 3 is 3.12 bits per heavy atom. The van der Waals surface area contributed by atoms with Crippen molar-refractivity contribution < 1.29 is 0 Å². The Kier molecular flexibility index (Phi) is 4.68. The Hall–Kier alpha value is -0.740. The molecule has 2 rings (SSSR count). The van der Waals surface area contributed by atoms with E-state index in [1.807, 2.05) is 13.2 Å². The van der Waals surface area contributed by atoms with Crippen molar-refractivity contribution in [1.29, 1.82) is 0 Å². The molecule has 0 bridgehead atoms. The summed E-state index contributed by atoms with van der Waals surface area (Å²) < 4.78 is 0. The maximum Gasteiger partial charge on any atom is 0.0445 e. The Labute approximate surface area is 108 Å². The number of hydrogen-bond acceptors (Lipinski definition) is 4. The van der Waals surface area contributed by atoms with Crippen LogP contribution in [0, 0.1) is 6.92 Å². The normalized spacial score (nSPS) is 16.9. The molecule has 0 atom stereocenters. The molecular formula is C13H21N3S. The summed E-state index contributed by atoms with van der Waals surface area (Å²) in [6, 6.07) is 2.22. The maximum absolute atomic E-state index is 4.40. The van der Waals surface area contributed by atoms with Crippen LogP contribution >= 0.6 is 11.8 Å². The monoisotopic (exact) mass is 251 g/mol. The Morgan fingerprint density at radius 2 is 2.29 bits per heavy atom. The van der Waals surface area contributed by atoms with Crippen LogP contribution in [0.25, 0.3) is 0 Å². The molecule has 1 aromatic heterocycles. The zero-order valence-electron chi connectivity index (χ0n) is 10.7. The minimum atomic E-state index is 0.895. The highest BCUT2D eigenvalue weighted by molar-refractivity contribution is 7.99. The smallest absolute Gasteiger partial charge is 0.0445 e. The number of pyridine rings is 1. The molecule has 1 saturated heterocycles. The van der Waals surface area contributed by atoms with E-state index in [4.69, 9.17) is 0 Å². The Bertz CT molecular complexity index is 360. The Morgan fingerprint density at radius 1 is 1.41 bits per heavy atom. The SMILES string of the molecule is CNCc1cnc(C)cc1N1CCCSCC1. The summed E-state index contributed by atoms with van der Waals surface area (Å²) in [6.07, 6.45) is 3.30. The van der Waals surface area contributed by atoms with Gasteiger partial charge in [0.05, 0.1) is 0 Å². The van der Waals surface area contributed by atoms with Gasteiger partial charge in [0.1, 0.15) is 0 Å². The fourth-order valence-corrected chi connectivity index (χ4v) is 3.07.